The molecule has 0 aromatic heterocycles. The maximum atomic E-state index is 9.61. The first-order chi connectivity index (χ1) is 10.4. The molecule has 112 valence electrons. The number of benzene rings is 2. The first-order valence-corrected chi connectivity index (χ1v) is 7.75. The van der Waals surface area contributed by atoms with Crippen molar-refractivity contribution in [3.63, 3.8) is 0 Å². The Balaban J connectivity index is 1.48. The lowest BCUT2D eigenvalue weighted by atomic mass is 10.1. The van der Waals surface area contributed by atoms with Crippen LogP contribution in [0.2, 0.25) is 0 Å². The summed E-state index contributed by atoms with van der Waals surface area (Å²) in [5.41, 5.74) is 2.29. The number of aromatic hydroxyl groups is 1. The lowest BCUT2D eigenvalue weighted by Crippen LogP contribution is -1.96. The topological polar surface area (TPSA) is 29.5 Å². The van der Waals surface area contributed by atoms with Gasteiger partial charge in [-0.25, -0.2) is 0 Å². The van der Waals surface area contributed by atoms with Gasteiger partial charge < -0.3 is 9.84 Å². The number of hydrogen-bond donors (Lipinski definition) is 1. The Morgan fingerprint density at radius 3 is 2.29 bits per heavy atom. The molecule has 0 amide bonds. The Hall–Kier alpha value is -1.80. The minimum absolute atomic E-state index is 0.320. The molecule has 0 fully saturated rings. The van der Waals surface area contributed by atoms with Gasteiger partial charge in [0, 0.05) is 12.2 Å². The molecule has 0 heterocycles. The fraction of sp³-hybridized carbons (Fsp3) is 0.368. The fourth-order valence-electron chi connectivity index (χ4n) is 2.35. The second kappa shape index (κ2) is 9.19. The monoisotopic (exact) mass is 284 g/mol. The van der Waals surface area contributed by atoms with Crippen molar-refractivity contribution >= 4 is 0 Å². The van der Waals surface area contributed by atoms with E-state index < -0.39 is 0 Å². The minimum atomic E-state index is 0.320. The highest BCUT2D eigenvalue weighted by molar-refractivity contribution is 5.30. The van der Waals surface area contributed by atoms with Crippen LogP contribution in [0, 0.1) is 0 Å². The van der Waals surface area contributed by atoms with Crippen LogP contribution < -0.4 is 0 Å². The summed E-state index contributed by atoms with van der Waals surface area (Å²) in [6.07, 6.45) is 5.94. The third-order valence-electron chi connectivity index (χ3n) is 3.60. The summed E-state index contributed by atoms with van der Waals surface area (Å²) in [6.45, 7) is 1.26. The average Bonchev–Trinajstić information content (AvgIpc) is 2.52. The predicted octanol–water partition coefficient (Wildman–Crippen LogP) is 4.71. The second-order valence-corrected chi connectivity index (χ2v) is 5.33. The van der Waals surface area contributed by atoms with Crippen LogP contribution in [-0.4, -0.2) is 11.7 Å². The number of hydrogen-bond acceptors (Lipinski definition) is 2. The normalized spacial score (nSPS) is 10.7. The van der Waals surface area contributed by atoms with Gasteiger partial charge >= 0.3 is 0 Å². The summed E-state index contributed by atoms with van der Waals surface area (Å²) < 4.78 is 5.61. The van der Waals surface area contributed by atoms with E-state index >= 15 is 0 Å². The van der Waals surface area contributed by atoms with Crippen LogP contribution in [0.4, 0.5) is 0 Å². The van der Waals surface area contributed by atoms with E-state index in [2.05, 4.69) is 30.3 Å². The van der Waals surface area contributed by atoms with Crippen molar-refractivity contribution in [2.75, 3.05) is 6.61 Å². The van der Waals surface area contributed by atoms with Gasteiger partial charge in [-0.1, -0.05) is 61.4 Å². The molecule has 0 spiro atoms. The number of phenolic OH excluding ortho intramolecular Hbond substituents is 1. The van der Waals surface area contributed by atoms with Crippen LogP contribution in [0.25, 0.3) is 0 Å². The van der Waals surface area contributed by atoms with Crippen molar-refractivity contribution in [3.8, 4) is 5.75 Å². The predicted molar refractivity (Wildman–Crippen MR) is 86.4 cm³/mol. The lowest BCUT2D eigenvalue weighted by Gasteiger charge is -2.06. The molecule has 0 radical (unpaired) electrons. The van der Waals surface area contributed by atoms with Gasteiger partial charge in [-0.3, -0.25) is 0 Å². The molecule has 21 heavy (non-hydrogen) atoms. The van der Waals surface area contributed by atoms with Crippen molar-refractivity contribution in [3.05, 3.63) is 65.7 Å². The molecule has 2 heteroatoms. The molecular weight excluding hydrogens is 260 g/mol. The number of ether oxygens (including phenoxy) is 1. The summed E-state index contributed by atoms with van der Waals surface area (Å²) in [5.74, 6) is 0.320. The van der Waals surface area contributed by atoms with E-state index in [0.717, 1.165) is 18.6 Å². The van der Waals surface area contributed by atoms with Crippen LogP contribution in [0.5, 0.6) is 5.75 Å². The number of para-hydroxylation sites is 1. The largest absolute Gasteiger partial charge is 0.508 e. The van der Waals surface area contributed by atoms with E-state index in [1.165, 1.54) is 31.2 Å². The van der Waals surface area contributed by atoms with Gasteiger partial charge in [0.2, 0.25) is 0 Å². The first-order valence-electron chi connectivity index (χ1n) is 7.75. The Bertz CT molecular complexity index is 508. The number of phenols is 1. The molecule has 1 N–H and O–H groups in total. The van der Waals surface area contributed by atoms with Gasteiger partial charge in [0.25, 0.3) is 0 Å². The van der Waals surface area contributed by atoms with Gasteiger partial charge in [-0.2, -0.15) is 0 Å². The molecule has 0 bridgehead atoms. The van der Waals surface area contributed by atoms with E-state index in [4.69, 9.17) is 4.74 Å². The molecule has 2 aromatic carbocycles. The van der Waals surface area contributed by atoms with E-state index in [1.54, 1.807) is 6.07 Å². The van der Waals surface area contributed by atoms with Gasteiger partial charge in [0.05, 0.1) is 6.61 Å². The molecule has 0 saturated carbocycles. The molecule has 0 aliphatic heterocycles. The number of rotatable bonds is 9. The fourth-order valence-corrected chi connectivity index (χ4v) is 2.35. The highest BCUT2D eigenvalue weighted by atomic mass is 16.5. The van der Waals surface area contributed by atoms with E-state index in [-0.39, 0.29) is 0 Å². The molecule has 0 atom stereocenters. The second-order valence-electron chi connectivity index (χ2n) is 5.33. The summed E-state index contributed by atoms with van der Waals surface area (Å²) >= 11 is 0. The molecule has 0 aliphatic carbocycles. The third kappa shape index (κ3) is 6.01. The zero-order valence-electron chi connectivity index (χ0n) is 12.5. The van der Waals surface area contributed by atoms with Gasteiger partial charge in [-0.05, 0) is 30.9 Å². The standard InChI is InChI=1S/C19H24O2/c20-19-14-8-7-13-18(19)16-21-15-9-2-1-4-10-17-11-5-3-6-12-17/h3,5-8,11-14,20H,1-2,4,9-10,15-16H2. The van der Waals surface area contributed by atoms with Crippen molar-refractivity contribution in [1.82, 2.24) is 0 Å². The Kier molecular flexibility index (Phi) is 6.82. The highest BCUT2D eigenvalue weighted by Crippen LogP contribution is 2.16. The summed E-state index contributed by atoms with van der Waals surface area (Å²) in [5, 5.41) is 9.61. The van der Waals surface area contributed by atoms with Gasteiger partial charge in [0.1, 0.15) is 5.75 Å². The SMILES string of the molecule is Oc1ccccc1COCCCCCCc1ccccc1. The van der Waals surface area contributed by atoms with Crippen molar-refractivity contribution in [1.29, 1.82) is 0 Å². The van der Waals surface area contributed by atoms with E-state index in [9.17, 15) is 5.11 Å². The first kappa shape index (κ1) is 15.6. The van der Waals surface area contributed by atoms with Crippen molar-refractivity contribution in [2.45, 2.75) is 38.7 Å². The van der Waals surface area contributed by atoms with Crippen molar-refractivity contribution < 1.29 is 9.84 Å². The summed E-state index contributed by atoms with van der Waals surface area (Å²) in [7, 11) is 0. The molecule has 0 saturated heterocycles. The maximum Gasteiger partial charge on any atom is 0.121 e. The smallest absolute Gasteiger partial charge is 0.121 e. The van der Waals surface area contributed by atoms with Crippen LogP contribution >= 0.6 is 0 Å². The van der Waals surface area contributed by atoms with Crippen LogP contribution in [-0.2, 0) is 17.8 Å². The highest BCUT2D eigenvalue weighted by Gasteiger charge is 1.99. The minimum Gasteiger partial charge on any atom is -0.508 e. The lowest BCUT2D eigenvalue weighted by molar-refractivity contribution is 0.115. The van der Waals surface area contributed by atoms with Crippen LogP contribution in [0.1, 0.15) is 36.8 Å². The molecular formula is C19H24O2. The maximum absolute atomic E-state index is 9.61. The van der Waals surface area contributed by atoms with Crippen molar-refractivity contribution in [2.24, 2.45) is 0 Å². The van der Waals surface area contributed by atoms with Gasteiger partial charge in [0.15, 0.2) is 0 Å². The molecule has 0 unspecified atom stereocenters. The quantitative estimate of drug-likeness (QED) is 0.676. The zero-order chi connectivity index (χ0) is 14.8. The molecule has 0 aliphatic rings. The Labute approximate surface area is 127 Å². The Morgan fingerprint density at radius 1 is 0.762 bits per heavy atom. The number of unbranched alkanes of at least 4 members (excludes halogenated alkanes) is 3. The third-order valence-corrected chi connectivity index (χ3v) is 3.60. The van der Waals surface area contributed by atoms with Crippen LogP contribution in [0.15, 0.2) is 54.6 Å². The average molecular weight is 284 g/mol. The van der Waals surface area contributed by atoms with Crippen LogP contribution in [0.3, 0.4) is 0 Å². The van der Waals surface area contributed by atoms with E-state index in [0.29, 0.717) is 12.4 Å². The molecule has 2 rings (SSSR count). The molecule has 2 nitrogen and oxygen atoms in total. The van der Waals surface area contributed by atoms with E-state index in [1.807, 2.05) is 18.2 Å². The Morgan fingerprint density at radius 2 is 1.48 bits per heavy atom. The summed E-state index contributed by atoms with van der Waals surface area (Å²) in [6, 6.07) is 18.0. The zero-order valence-corrected chi connectivity index (χ0v) is 12.5. The molecule has 2 aromatic rings. The van der Waals surface area contributed by atoms with Gasteiger partial charge in [-0.15, -0.1) is 0 Å². The number of aryl methyl sites for hydroxylation is 1. The summed E-state index contributed by atoms with van der Waals surface area (Å²) in [4.78, 5) is 0.